The average molecular weight is 206 g/mol. The summed E-state index contributed by atoms with van der Waals surface area (Å²) in [6.45, 7) is 0.611. The van der Waals surface area contributed by atoms with E-state index in [1.807, 2.05) is 18.3 Å². The highest BCUT2D eigenvalue weighted by atomic mass is 15.2. The van der Waals surface area contributed by atoms with Gasteiger partial charge in [0.25, 0.3) is 0 Å². The highest BCUT2D eigenvalue weighted by Crippen LogP contribution is 2.01. The highest BCUT2D eigenvalue weighted by Gasteiger charge is 2.07. The van der Waals surface area contributed by atoms with E-state index < -0.39 is 0 Å². The van der Waals surface area contributed by atoms with E-state index in [2.05, 4.69) is 25.3 Å². The molecular formula is C8H12N7+. The van der Waals surface area contributed by atoms with E-state index in [1.54, 1.807) is 0 Å². The summed E-state index contributed by atoms with van der Waals surface area (Å²) in [5.74, 6) is 0.867. The van der Waals surface area contributed by atoms with Crippen LogP contribution in [0.5, 0.6) is 0 Å². The molecule has 0 spiro atoms. The highest BCUT2D eigenvalue weighted by molar-refractivity contribution is 5.29. The molecule has 7 N–H and O–H groups in total. The van der Waals surface area contributed by atoms with Gasteiger partial charge in [0, 0.05) is 11.9 Å². The lowest BCUT2D eigenvalue weighted by atomic mass is 10.4. The molecule has 15 heavy (non-hydrogen) atoms. The van der Waals surface area contributed by atoms with Crippen LogP contribution >= 0.6 is 0 Å². The van der Waals surface area contributed by atoms with E-state index in [1.165, 1.54) is 0 Å². The van der Waals surface area contributed by atoms with Crippen LogP contribution in [0, 0.1) is 0 Å². The fraction of sp³-hybridized carbons (Fsp3) is 0.125. The summed E-state index contributed by atoms with van der Waals surface area (Å²) in [4.78, 5) is 13.5. The van der Waals surface area contributed by atoms with Crippen LogP contribution in [-0.4, -0.2) is 15.0 Å². The normalized spacial score (nSPS) is 10.1. The van der Waals surface area contributed by atoms with Crippen molar-refractivity contribution in [2.75, 3.05) is 16.8 Å². The molecule has 2 heterocycles. The Morgan fingerprint density at radius 2 is 2.27 bits per heavy atom. The summed E-state index contributed by atoms with van der Waals surface area (Å²) in [6.07, 6.45) is 1.85. The standard InChI is InChI=1S/C8H11N7/c9-6-13-7(10)15-8(14-6)12-4-5-2-1-3-11-5/h1-3,11H,4H2,(H5,9,10,12,13,14,15)/p+1. The quantitative estimate of drug-likeness (QED) is 0.534. The number of nitrogens with one attached hydrogen (secondary N) is 3. The van der Waals surface area contributed by atoms with Crippen molar-refractivity contribution in [2.24, 2.45) is 0 Å². The van der Waals surface area contributed by atoms with Crippen molar-refractivity contribution in [1.82, 2.24) is 15.0 Å². The molecule has 0 radical (unpaired) electrons. The van der Waals surface area contributed by atoms with E-state index in [0.717, 1.165) is 5.69 Å². The first-order chi connectivity index (χ1) is 7.24. The van der Waals surface area contributed by atoms with Crippen molar-refractivity contribution in [1.29, 1.82) is 0 Å². The number of hydrogen-bond acceptors (Lipinski definition) is 5. The van der Waals surface area contributed by atoms with Crippen molar-refractivity contribution in [3.8, 4) is 0 Å². The van der Waals surface area contributed by atoms with E-state index in [9.17, 15) is 0 Å². The third kappa shape index (κ3) is 2.33. The van der Waals surface area contributed by atoms with Crippen LogP contribution in [0.25, 0.3) is 0 Å². The Balaban J connectivity index is 2.05. The third-order valence-corrected chi connectivity index (χ3v) is 1.82. The molecule has 0 aliphatic heterocycles. The molecule has 2 aromatic heterocycles. The molecule has 0 amide bonds. The summed E-state index contributed by atoms with van der Waals surface area (Å²) in [7, 11) is 0. The fourth-order valence-electron chi connectivity index (χ4n) is 1.18. The Bertz CT molecular complexity index is 416. The summed E-state index contributed by atoms with van der Waals surface area (Å²) in [5, 5.41) is 3.03. The number of anilines is 3. The minimum absolute atomic E-state index is 0.139. The second-order valence-corrected chi connectivity index (χ2v) is 2.99. The molecular weight excluding hydrogens is 194 g/mol. The van der Waals surface area contributed by atoms with Crippen molar-refractivity contribution < 1.29 is 4.98 Å². The van der Waals surface area contributed by atoms with Crippen molar-refractivity contribution in [3.63, 3.8) is 0 Å². The van der Waals surface area contributed by atoms with Gasteiger partial charge in [0.2, 0.25) is 0 Å². The number of nitrogens with zero attached hydrogens (tertiary/aromatic N) is 2. The smallest absolute Gasteiger partial charge is 0.322 e. The summed E-state index contributed by atoms with van der Waals surface area (Å²) in [5.41, 5.74) is 12.0. The number of H-pyrrole nitrogens is 2. The van der Waals surface area contributed by atoms with E-state index in [0.29, 0.717) is 12.5 Å². The maximum absolute atomic E-state index is 5.47. The first-order valence-electron chi connectivity index (χ1n) is 4.42. The van der Waals surface area contributed by atoms with Gasteiger partial charge in [-0.1, -0.05) is 9.97 Å². The monoisotopic (exact) mass is 206 g/mol. The van der Waals surface area contributed by atoms with Gasteiger partial charge in [-0.3, -0.25) is 0 Å². The second-order valence-electron chi connectivity index (χ2n) is 2.99. The average Bonchev–Trinajstić information content (AvgIpc) is 2.65. The molecule has 7 nitrogen and oxygen atoms in total. The lowest BCUT2D eigenvalue weighted by Crippen LogP contribution is -2.22. The number of nitrogens with two attached hydrogens (primary N) is 2. The topological polar surface area (TPSA) is 120 Å². The van der Waals surface area contributed by atoms with Crippen LogP contribution in [0.15, 0.2) is 18.3 Å². The zero-order valence-electron chi connectivity index (χ0n) is 7.99. The number of hydrogen-bond donors (Lipinski definition) is 4. The predicted molar refractivity (Wildman–Crippen MR) is 55.5 cm³/mol. The Morgan fingerprint density at radius 3 is 2.93 bits per heavy atom. The van der Waals surface area contributed by atoms with Crippen molar-refractivity contribution in [2.45, 2.75) is 6.54 Å². The van der Waals surface area contributed by atoms with Crippen LogP contribution in [0.4, 0.5) is 17.8 Å². The first-order valence-corrected chi connectivity index (χ1v) is 4.42. The number of nitrogen functional groups attached to an aromatic ring is 2. The van der Waals surface area contributed by atoms with Crippen molar-refractivity contribution in [3.05, 3.63) is 24.0 Å². The zero-order chi connectivity index (χ0) is 10.7. The minimum atomic E-state index is 0.139. The van der Waals surface area contributed by atoms with Gasteiger partial charge in [-0.2, -0.15) is 0 Å². The fourth-order valence-corrected chi connectivity index (χ4v) is 1.18. The van der Waals surface area contributed by atoms with Crippen LogP contribution in [0.1, 0.15) is 5.69 Å². The molecule has 0 unspecified atom stereocenters. The van der Waals surface area contributed by atoms with Gasteiger partial charge in [-0.15, -0.1) is 0 Å². The molecule has 0 saturated carbocycles. The SMILES string of the molecule is Nc1nc(N)[nH+]c(NCc2ccc[nH]2)n1. The summed E-state index contributed by atoms with van der Waals surface area (Å²) < 4.78 is 0. The van der Waals surface area contributed by atoms with Crippen LogP contribution in [-0.2, 0) is 6.54 Å². The minimum Gasteiger partial charge on any atom is -0.363 e. The molecule has 0 bridgehead atoms. The largest absolute Gasteiger partial charge is 0.363 e. The number of aromatic amines is 2. The van der Waals surface area contributed by atoms with E-state index in [4.69, 9.17) is 11.5 Å². The Kier molecular flexibility index (Phi) is 2.36. The summed E-state index contributed by atoms with van der Waals surface area (Å²) in [6, 6.07) is 3.88. The van der Waals surface area contributed by atoms with Gasteiger partial charge in [-0.25, -0.2) is 4.98 Å². The molecule has 2 aromatic rings. The molecule has 0 saturated heterocycles. The van der Waals surface area contributed by atoms with E-state index >= 15 is 0 Å². The van der Waals surface area contributed by atoms with E-state index in [-0.39, 0.29) is 11.9 Å². The van der Waals surface area contributed by atoms with Gasteiger partial charge in [0.05, 0.1) is 6.54 Å². The van der Waals surface area contributed by atoms with Crippen LogP contribution < -0.4 is 21.8 Å². The molecule has 0 aliphatic rings. The molecule has 0 aromatic carbocycles. The number of aromatic nitrogens is 4. The van der Waals surface area contributed by atoms with Gasteiger partial charge in [-0.05, 0) is 12.1 Å². The van der Waals surface area contributed by atoms with Crippen molar-refractivity contribution >= 4 is 17.8 Å². The van der Waals surface area contributed by atoms with Gasteiger partial charge < -0.3 is 21.8 Å². The molecule has 2 rings (SSSR count). The van der Waals surface area contributed by atoms with Gasteiger partial charge in [0.15, 0.2) is 0 Å². The Labute approximate surface area is 86.0 Å². The zero-order valence-corrected chi connectivity index (χ0v) is 7.99. The maximum Gasteiger partial charge on any atom is 0.322 e. The Hall–Kier alpha value is -2.31. The lowest BCUT2D eigenvalue weighted by molar-refractivity contribution is -0.351. The lowest BCUT2D eigenvalue weighted by Gasteiger charge is -1.99. The molecule has 78 valence electrons. The van der Waals surface area contributed by atoms with Crippen LogP contribution in [0.2, 0.25) is 0 Å². The molecule has 7 heteroatoms. The molecule has 0 aliphatic carbocycles. The number of rotatable bonds is 3. The maximum atomic E-state index is 5.47. The predicted octanol–water partition coefficient (Wildman–Crippen LogP) is -0.605. The first kappa shape index (κ1) is 9.25. The molecule has 0 atom stereocenters. The van der Waals surface area contributed by atoms with Gasteiger partial charge >= 0.3 is 17.8 Å². The third-order valence-electron chi connectivity index (χ3n) is 1.82. The Morgan fingerprint density at radius 1 is 1.40 bits per heavy atom. The van der Waals surface area contributed by atoms with Crippen LogP contribution in [0.3, 0.4) is 0 Å². The molecule has 0 fully saturated rings. The van der Waals surface area contributed by atoms with Gasteiger partial charge in [0.1, 0.15) is 0 Å². The second kappa shape index (κ2) is 3.82. The summed E-state index contributed by atoms with van der Waals surface area (Å²) >= 11 is 0.